The smallest absolute Gasteiger partial charge is 0.0553 e. The van der Waals surface area contributed by atoms with E-state index in [9.17, 15) is 0 Å². The lowest BCUT2D eigenvalue weighted by Crippen LogP contribution is -2.02. The van der Waals surface area contributed by atoms with Crippen LogP contribution >= 0.6 is 11.8 Å². The Hall–Kier alpha value is 0.270. The molecule has 0 amide bonds. The van der Waals surface area contributed by atoms with Crippen molar-refractivity contribution in [1.29, 1.82) is 0 Å². The fourth-order valence-corrected chi connectivity index (χ4v) is 4.51. The molecule has 0 rings (SSSR count). The first-order valence-corrected chi connectivity index (χ1v) is 14.4. The van der Waals surface area contributed by atoms with Gasteiger partial charge in [0, 0.05) is 6.54 Å². The molecule has 0 saturated heterocycles. The standard InChI is InChI=1S/C24H50S.C2H7NO/c1-3-5-7-9-11-13-15-17-19-21-23-25-24-22-20-18-16-14-12-10-8-6-4-2;3-1-2-4/h3-24H2,1-2H3;4H,1-3H2. The molecule has 0 aliphatic heterocycles. The van der Waals surface area contributed by atoms with Crippen LogP contribution in [0.15, 0.2) is 0 Å². The van der Waals surface area contributed by atoms with Gasteiger partial charge in [0.1, 0.15) is 0 Å². The molecule has 0 saturated carbocycles. The second-order valence-corrected chi connectivity index (χ2v) is 9.71. The summed E-state index contributed by atoms with van der Waals surface area (Å²) in [4.78, 5) is 0. The van der Waals surface area contributed by atoms with Gasteiger partial charge in [0.2, 0.25) is 0 Å². The molecule has 0 spiro atoms. The molecule has 0 aliphatic carbocycles. The maximum atomic E-state index is 7.75. The van der Waals surface area contributed by atoms with Gasteiger partial charge in [0.15, 0.2) is 0 Å². The quantitative estimate of drug-likeness (QED) is 0.159. The predicted molar refractivity (Wildman–Crippen MR) is 137 cm³/mol. The van der Waals surface area contributed by atoms with Gasteiger partial charge in [0.05, 0.1) is 6.61 Å². The van der Waals surface area contributed by atoms with E-state index in [2.05, 4.69) is 25.6 Å². The second-order valence-electron chi connectivity index (χ2n) is 8.49. The average Bonchev–Trinajstić information content (AvgIpc) is 2.75. The molecule has 0 fully saturated rings. The number of hydrogen-bond acceptors (Lipinski definition) is 3. The maximum absolute atomic E-state index is 7.75. The lowest BCUT2D eigenvalue weighted by atomic mass is 10.1. The minimum Gasteiger partial charge on any atom is -0.395 e. The van der Waals surface area contributed by atoms with Gasteiger partial charge in [-0.15, -0.1) is 0 Å². The zero-order chi connectivity index (χ0) is 21.7. The zero-order valence-corrected chi connectivity index (χ0v) is 21.2. The highest BCUT2D eigenvalue weighted by Crippen LogP contribution is 2.15. The van der Waals surface area contributed by atoms with Crippen LogP contribution in [0, 0.1) is 0 Å². The van der Waals surface area contributed by atoms with Crippen molar-refractivity contribution < 1.29 is 5.11 Å². The molecule has 0 aliphatic rings. The van der Waals surface area contributed by atoms with Gasteiger partial charge >= 0.3 is 0 Å². The largest absolute Gasteiger partial charge is 0.395 e. The molecule has 0 aromatic carbocycles. The number of aliphatic hydroxyl groups excluding tert-OH is 1. The first-order chi connectivity index (χ1) is 14.3. The highest BCUT2D eigenvalue weighted by atomic mass is 32.2. The third-order valence-corrected chi connectivity index (χ3v) is 6.57. The van der Waals surface area contributed by atoms with E-state index in [-0.39, 0.29) is 6.61 Å². The van der Waals surface area contributed by atoms with Gasteiger partial charge in [-0.05, 0) is 24.3 Å². The highest BCUT2D eigenvalue weighted by molar-refractivity contribution is 7.99. The third-order valence-electron chi connectivity index (χ3n) is 5.41. The molecular weight excluding hydrogens is 374 g/mol. The molecule has 178 valence electrons. The molecule has 0 bridgehead atoms. The average molecular weight is 432 g/mol. The molecule has 29 heavy (non-hydrogen) atoms. The van der Waals surface area contributed by atoms with Crippen LogP contribution in [0.1, 0.15) is 142 Å². The normalized spacial score (nSPS) is 10.8. The lowest BCUT2D eigenvalue weighted by molar-refractivity contribution is 0.306. The van der Waals surface area contributed by atoms with Crippen LogP contribution in [0.5, 0.6) is 0 Å². The van der Waals surface area contributed by atoms with Crippen molar-refractivity contribution in [2.24, 2.45) is 5.73 Å². The van der Waals surface area contributed by atoms with Gasteiger partial charge in [-0.25, -0.2) is 0 Å². The Morgan fingerprint density at radius 3 is 0.966 bits per heavy atom. The maximum Gasteiger partial charge on any atom is 0.0553 e. The lowest BCUT2D eigenvalue weighted by Gasteiger charge is -2.04. The molecular formula is C26H57NOS. The first kappa shape index (κ1) is 31.5. The van der Waals surface area contributed by atoms with Crippen LogP contribution in [0.25, 0.3) is 0 Å². The first-order valence-electron chi connectivity index (χ1n) is 13.2. The number of aliphatic hydroxyl groups is 1. The van der Waals surface area contributed by atoms with E-state index in [0.29, 0.717) is 6.54 Å². The summed E-state index contributed by atoms with van der Waals surface area (Å²) in [7, 11) is 0. The van der Waals surface area contributed by atoms with E-state index < -0.39 is 0 Å². The van der Waals surface area contributed by atoms with Crippen molar-refractivity contribution in [2.45, 2.75) is 142 Å². The number of rotatable bonds is 23. The minimum absolute atomic E-state index is 0.0972. The van der Waals surface area contributed by atoms with E-state index in [0.717, 1.165) is 0 Å². The van der Waals surface area contributed by atoms with Crippen LogP contribution < -0.4 is 5.73 Å². The predicted octanol–water partition coefficient (Wildman–Crippen LogP) is 8.50. The summed E-state index contributed by atoms with van der Waals surface area (Å²) in [5, 5.41) is 7.75. The number of nitrogens with two attached hydrogens (primary N) is 1. The van der Waals surface area contributed by atoms with Gasteiger partial charge < -0.3 is 10.8 Å². The van der Waals surface area contributed by atoms with Crippen LogP contribution in [-0.4, -0.2) is 29.8 Å². The van der Waals surface area contributed by atoms with E-state index in [4.69, 9.17) is 10.8 Å². The molecule has 2 nitrogen and oxygen atoms in total. The molecule has 3 N–H and O–H groups in total. The van der Waals surface area contributed by atoms with Gasteiger partial charge in [-0.3, -0.25) is 0 Å². The van der Waals surface area contributed by atoms with Crippen molar-refractivity contribution in [2.75, 3.05) is 24.7 Å². The van der Waals surface area contributed by atoms with E-state index in [1.54, 1.807) is 0 Å². The Morgan fingerprint density at radius 2 is 0.724 bits per heavy atom. The summed E-state index contributed by atoms with van der Waals surface area (Å²) in [6, 6.07) is 0. The molecule has 3 heteroatoms. The van der Waals surface area contributed by atoms with Crippen molar-refractivity contribution in [3.8, 4) is 0 Å². The van der Waals surface area contributed by atoms with E-state index >= 15 is 0 Å². The molecule has 0 heterocycles. The topological polar surface area (TPSA) is 46.2 Å². The Kier molecular flexibility index (Phi) is 35.7. The monoisotopic (exact) mass is 431 g/mol. The van der Waals surface area contributed by atoms with Gasteiger partial charge in [-0.1, -0.05) is 129 Å². The van der Waals surface area contributed by atoms with Crippen LogP contribution in [-0.2, 0) is 0 Å². The van der Waals surface area contributed by atoms with Crippen LogP contribution in [0.4, 0.5) is 0 Å². The summed E-state index contributed by atoms with van der Waals surface area (Å²) in [5.41, 5.74) is 4.78. The Morgan fingerprint density at radius 1 is 0.483 bits per heavy atom. The van der Waals surface area contributed by atoms with Crippen LogP contribution in [0.2, 0.25) is 0 Å². The molecule has 0 unspecified atom stereocenters. The van der Waals surface area contributed by atoms with Crippen molar-refractivity contribution >= 4 is 11.8 Å². The van der Waals surface area contributed by atoms with Gasteiger partial charge in [-0.2, -0.15) is 11.8 Å². The summed E-state index contributed by atoms with van der Waals surface area (Å²) in [5.74, 6) is 2.82. The SMILES string of the molecule is CCCCCCCCCCCCSCCCCCCCCCCCC.NCCO. The minimum atomic E-state index is 0.0972. The summed E-state index contributed by atoms with van der Waals surface area (Å²) in [6.45, 7) is 5.07. The second kappa shape index (κ2) is 32.9. The number of hydrogen-bond donors (Lipinski definition) is 2. The summed E-state index contributed by atoms with van der Waals surface area (Å²) >= 11 is 2.21. The third kappa shape index (κ3) is 36.0. The molecule has 0 aromatic heterocycles. The van der Waals surface area contributed by atoms with Crippen molar-refractivity contribution in [3.63, 3.8) is 0 Å². The summed E-state index contributed by atoms with van der Waals surface area (Å²) < 4.78 is 0. The summed E-state index contributed by atoms with van der Waals surface area (Å²) in [6.07, 6.45) is 29.2. The van der Waals surface area contributed by atoms with E-state index in [1.807, 2.05) is 0 Å². The zero-order valence-electron chi connectivity index (χ0n) is 20.4. The molecule has 0 aromatic rings. The highest BCUT2D eigenvalue weighted by Gasteiger charge is 1.95. The fraction of sp³-hybridized carbons (Fsp3) is 1.00. The van der Waals surface area contributed by atoms with Gasteiger partial charge in [0.25, 0.3) is 0 Å². The van der Waals surface area contributed by atoms with E-state index in [1.165, 1.54) is 140 Å². The fourth-order valence-electron chi connectivity index (χ4n) is 3.49. The Bertz CT molecular complexity index is 227. The Balaban J connectivity index is 0. The van der Waals surface area contributed by atoms with Crippen LogP contribution in [0.3, 0.4) is 0 Å². The number of unbranched alkanes of at least 4 members (excludes halogenated alkanes) is 18. The van der Waals surface area contributed by atoms with Crippen molar-refractivity contribution in [1.82, 2.24) is 0 Å². The molecule has 0 radical (unpaired) electrons. The Labute approximate surface area is 189 Å². The van der Waals surface area contributed by atoms with Crippen molar-refractivity contribution in [3.05, 3.63) is 0 Å². The number of thioether (sulfide) groups is 1. The molecule has 0 atom stereocenters.